The highest BCUT2D eigenvalue weighted by Gasteiger charge is 2.24. The van der Waals surface area contributed by atoms with Gasteiger partial charge in [0.15, 0.2) is 0 Å². The molecule has 0 spiro atoms. The second kappa shape index (κ2) is 5.07. The van der Waals surface area contributed by atoms with Gasteiger partial charge in [0, 0.05) is 18.7 Å². The molecular formula is C14H21NO2. The molecule has 0 aliphatic carbocycles. The van der Waals surface area contributed by atoms with Gasteiger partial charge in [-0.2, -0.15) is 0 Å². The van der Waals surface area contributed by atoms with Gasteiger partial charge in [-0.1, -0.05) is 12.1 Å². The predicted molar refractivity (Wildman–Crippen MR) is 68.4 cm³/mol. The lowest BCUT2D eigenvalue weighted by molar-refractivity contribution is 0.0656. The summed E-state index contributed by atoms with van der Waals surface area (Å²) < 4.78 is 11.1. The van der Waals surface area contributed by atoms with Gasteiger partial charge in [-0.3, -0.25) is 0 Å². The summed E-state index contributed by atoms with van der Waals surface area (Å²) in [4.78, 5) is 0. The molecule has 0 bridgehead atoms. The first-order valence-corrected chi connectivity index (χ1v) is 6.11. The first-order chi connectivity index (χ1) is 8.11. The van der Waals surface area contributed by atoms with Crippen LogP contribution < -0.4 is 10.1 Å². The van der Waals surface area contributed by atoms with Crippen LogP contribution in [0.2, 0.25) is 0 Å². The number of methoxy groups -OCH3 is 1. The van der Waals surface area contributed by atoms with Gasteiger partial charge in [0.05, 0.1) is 13.2 Å². The molecule has 0 saturated carbocycles. The van der Waals surface area contributed by atoms with Crippen LogP contribution in [0.1, 0.15) is 31.9 Å². The van der Waals surface area contributed by atoms with Crippen molar-refractivity contribution in [3.8, 4) is 5.75 Å². The topological polar surface area (TPSA) is 30.5 Å². The highest BCUT2D eigenvalue weighted by Crippen LogP contribution is 2.24. The lowest BCUT2D eigenvalue weighted by atomic mass is 10.0. The van der Waals surface area contributed by atoms with Crippen molar-refractivity contribution in [1.29, 1.82) is 0 Å². The zero-order chi connectivity index (χ0) is 12.3. The van der Waals surface area contributed by atoms with E-state index in [0.717, 1.165) is 25.3 Å². The van der Waals surface area contributed by atoms with E-state index in [2.05, 4.69) is 31.3 Å². The van der Waals surface area contributed by atoms with E-state index in [1.807, 2.05) is 12.1 Å². The van der Waals surface area contributed by atoms with Crippen molar-refractivity contribution in [2.45, 2.75) is 31.9 Å². The Kier molecular flexibility index (Phi) is 3.69. The second-order valence-electron chi connectivity index (χ2n) is 5.15. The molecule has 3 heteroatoms. The molecule has 1 heterocycles. The minimum Gasteiger partial charge on any atom is -0.497 e. The van der Waals surface area contributed by atoms with Gasteiger partial charge in [0.25, 0.3) is 0 Å². The second-order valence-corrected chi connectivity index (χ2v) is 5.15. The summed E-state index contributed by atoms with van der Waals surface area (Å²) in [6, 6.07) is 8.11. The van der Waals surface area contributed by atoms with Crippen molar-refractivity contribution < 1.29 is 9.47 Å². The van der Waals surface area contributed by atoms with E-state index in [-0.39, 0.29) is 11.6 Å². The monoisotopic (exact) mass is 235 g/mol. The van der Waals surface area contributed by atoms with E-state index in [9.17, 15) is 0 Å². The zero-order valence-electron chi connectivity index (χ0n) is 10.8. The number of benzene rings is 1. The molecule has 1 aromatic rings. The minimum absolute atomic E-state index is 0.141. The number of rotatable bonds is 2. The minimum atomic E-state index is 0.141. The average Bonchev–Trinajstić information content (AvgIpc) is 2.50. The molecule has 17 heavy (non-hydrogen) atoms. The van der Waals surface area contributed by atoms with E-state index in [1.165, 1.54) is 5.56 Å². The summed E-state index contributed by atoms with van der Waals surface area (Å²) in [5, 5.41) is 3.54. The summed E-state index contributed by atoms with van der Waals surface area (Å²) in [6.45, 7) is 6.09. The molecule has 1 saturated heterocycles. The summed E-state index contributed by atoms with van der Waals surface area (Å²) in [5.41, 5.74) is 1.37. The fourth-order valence-electron chi connectivity index (χ4n) is 2.01. The molecule has 0 radical (unpaired) electrons. The molecule has 3 nitrogen and oxygen atoms in total. The third-order valence-corrected chi connectivity index (χ3v) is 3.30. The van der Waals surface area contributed by atoms with E-state index in [4.69, 9.17) is 9.47 Å². The first kappa shape index (κ1) is 12.4. The maximum Gasteiger partial charge on any atom is 0.118 e. The standard InChI is InChI=1S/C14H21NO2/c1-14(2)8-9-17-13(10-15-14)11-4-6-12(16-3)7-5-11/h4-7,13,15H,8-10H2,1-3H3. The van der Waals surface area contributed by atoms with Gasteiger partial charge in [-0.15, -0.1) is 0 Å². The Bertz CT molecular complexity index is 359. The Morgan fingerprint density at radius 2 is 2.00 bits per heavy atom. The summed E-state index contributed by atoms with van der Waals surface area (Å²) in [5.74, 6) is 0.885. The van der Waals surface area contributed by atoms with Crippen LogP contribution in [0.15, 0.2) is 24.3 Å². The third kappa shape index (κ3) is 3.20. The van der Waals surface area contributed by atoms with Crippen LogP contribution in [0.5, 0.6) is 5.75 Å². The first-order valence-electron chi connectivity index (χ1n) is 6.11. The number of nitrogens with one attached hydrogen (secondary N) is 1. The van der Waals surface area contributed by atoms with Crippen LogP contribution in [0.25, 0.3) is 0 Å². The molecule has 1 aromatic carbocycles. The fourth-order valence-corrected chi connectivity index (χ4v) is 2.01. The van der Waals surface area contributed by atoms with E-state index >= 15 is 0 Å². The van der Waals surface area contributed by atoms with Crippen LogP contribution in [-0.4, -0.2) is 25.8 Å². The van der Waals surface area contributed by atoms with Gasteiger partial charge < -0.3 is 14.8 Å². The van der Waals surface area contributed by atoms with Crippen molar-refractivity contribution in [2.24, 2.45) is 0 Å². The van der Waals surface area contributed by atoms with E-state index in [0.29, 0.717) is 0 Å². The van der Waals surface area contributed by atoms with Crippen LogP contribution in [0.4, 0.5) is 0 Å². The average molecular weight is 235 g/mol. The molecule has 1 N–H and O–H groups in total. The Morgan fingerprint density at radius 3 is 2.65 bits per heavy atom. The molecule has 94 valence electrons. The van der Waals surface area contributed by atoms with Crippen LogP contribution >= 0.6 is 0 Å². The van der Waals surface area contributed by atoms with Crippen LogP contribution in [-0.2, 0) is 4.74 Å². The molecular weight excluding hydrogens is 214 g/mol. The van der Waals surface area contributed by atoms with Crippen LogP contribution in [0, 0.1) is 0 Å². The van der Waals surface area contributed by atoms with Crippen molar-refractivity contribution in [3.63, 3.8) is 0 Å². The Hall–Kier alpha value is -1.06. The lowest BCUT2D eigenvalue weighted by Gasteiger charge is -2.23. The van der Waals surface area contributed by atoms with Gasteiger partial charge in [-0.25, -0.2) is 0 Å². The maximum atomic E-state index is 5.89. The molecule has 0 aromatic heterocycles. The van der Waals surface area contributed by atoms with Crippen LogP contribution in [0.3, 0.4) is 0 Å². The third-order valence-electron chi connectivity index (χ3n) is 3.30. The predicted octanol–water partition coefficient (Wildman–Crippen LogP) is 2.52. The van der Waals surface area contributed by atoms with Crippen molar-refractivity contribution in [1.82, 2.24) is 5.32 Å². The number of ether oxygens (including phenoxy) is 2. The number of hydrogen-bond acceptors (Lipinski definition) is 3. The van der Waals surface area contributed by atoms with E-state index < -0.39 is 0 Å². The Labute approximate surface area is 103 Å². The van der Waals surface area contributed by atoms with Crippen molar-refractivity contribution in [3.05, 3.63) is 29.8 Å². The summed E-state index contributed by atoms with van der Waals surface area (Å²) in [6.07, 6.45) is 1.18. The van der Waals surface area contributed by atoms with E-state index in [1.54, 1.807) is 7.11 Å². The Balaban J connectivity index is 2.06. The summed E-state index contributed by atoms with van der Waals surface area (Å²) >= 11 is 0. The van der Waals surface area contributed by atoms with Gasteiger partial charge in [-0.05, 0) is 38.0 Å². The largest absolute Gasteiger partial charge is 0.497 e. The molecule has 1 aliphatic rings. The highest BCUT2D eigenvalue weighted by molar-refractivity contribution is 5.28. The van der Waals surface area contributed by atoms with Gasteiger partial charge in [0.1, 0.15) is 5.75 Å². The molecule has 1 aliphatic heterocycles. The lowest BCUT2D eigenvalue weighted by Crippen LogP contribution is -2.39. The van der Waals surface area contributed by atoms with Crippen molar-refractivity contribution in [2.75, 3.05) is 20.3 Å². The molecule has 1 fully saturated rings. The number of hydrogen-bond donors (Lipinski definition) is 1. The molecule has 1 atom stereocenters. The fraction of sp³-hybridized carbons (Fsp3) is 0.571. The Morgan fingerprint density at radius 1 is 1.29 bits per heavy atom. The zero-order valence-corrected chi connectivity index (χ0v) is 10.8. The SMILES string of the molecule is COc1ccc(C2CNC(C)(C)CCO2)cc1. The van der Waals surface area contributed by atoms with Gasteiger partial charge >= 0.3 is 0 Å². The highest BCUT2D eigenvalue weighted by atomic mass is 16.5. The maximum absolute atomic E-state index is 5.89. The molecule has 1 unspecified atom stereocenters. The van der Waals surface area contributed by atoms with Crippen molar-refractivity contribution >= 4 is 0 Å². The molecule has 2 rings (SSSR count). The normalized spacial score (nSPS) is 24.1. The summed E-state index contributed by atoms with van der Waals surface area (Å²) in [7, 11) is 1.68. The smallest absolute Gasteiger partial charge is 0.118 e. The van der Waals surface area contributed by atoms with Gasteiger partial charge in [0.2, 0.25) is 0 Å². The quantitative estimate of drug-likeness (QED) is 0.854. The molecule has 0 amide bonds.